The third-order valence-corrected chi connectivity index (χ3v) is 3.86. The van der Waals surface area contributed by atoms with E-state index < -0.39 is 0 Å². The number of nitrogens with one attached hydrogen (secondary N) is 1. The lowest BCUT2D eigenvalue weighted by Gasteiger charge is -2.17. The minimum Gasteiger partial charge on any atom is -0.332 e. The van der Waals surface area contributed by atoms with Gasteiger partial charge in [0, 0.05) is 18.3 Å². The van der Waals surface area contributed by atoms with Crippen molar-refractivity contribution in [3.8, 4) is 5.69 Å². The van der Waals surface area contributed by atoms with Gasteiger partial charge in [0.15, 0.2) is 0 Å². The van der Waals surface area contributed by atoms with Crippen molar-refractivity contribution in [2.24, 2.45) is 0 Å². The molecule has 3 rings (SSSR count). The third kappa shape index (κ3) is 4.13. The zero-order valence-corrected chi connectivity index (χ0v) is 14.6. The highest BCUT2D eigenvalue weighted by atomic mass is 16.2. The van der Waals surface area contributed by atoms with Gasteiger partial charge in [-0.1, -0.05) is 17.7 Å². The van der Waals surface area contributed by atoms with Gasteiger partial charge < -0.3 is 10.2 Å². The van der Waals surface area contributed by atoms with Crippen LogP contribution < -0.4 is 5.32 Å². The molecule has 0 atom stereocenters. The number of amides is 2. The summed E-state index contributed by atoms with van der Waals surface area (Å²) in [7, 11) is 1.60. The number of nitrogens with zero attached hydrogens (tertiary/aromatic N) is 4. The lowest BCUT2D eigenvalue weighted by atomic mass is 10.2. The van der Waals surface area contributed by atoms with E-state index in [4.69, 9.17) is 0 Å². The molecule has 1 aromatic heterocycles. The normalized spacial score (nSPS) is 10.4. The summed E-state index contributed by atoms with van der Waals surface area (Å²) in [6.45, 7) is 1.95. The number of likely N-dealkylation sites (N-methyl/N-ethyl adjacent to an activating group) is 1. The van der Waals surface area contributed by atoms with E-state index in [0.717, 1.165) is 11.3 Å². The molecular formula is C19H19N5O2. The molecule has 0 unspecified atom stereocenters. The molecule has 2 aromatic carbocycles. The van der Waals surface area contributed by atoms with Crippen molar-refractivity contribution in [3.05, 3.63) is 72.3 Å². The zero-order valence-electron chi connectivity index (χ0n) is 14.6. The molecule has 0 fully saturated rings. The highest BCUT2D eigenvalue weighted by Crippen LogP contribution is 2.11. The molecule has 132 valence electrons. The van der Waals surface area contributed by atoms with Crippen molar-refractivity contribution in [3.63, 3.8) is 0 Å². The van der Waals surface area contributed by atoms with Crippen LogP contribution in [0.2, 0.25) is 0 Å². The van der Waals surface area contributed by atoms with Gasteiger partial charge >= 0.3 is 0 Å². The maximum Gasteiger partial charge on any atom is 0.254 e. The number of carbonyl (C=O) groups excluding carboxylic acids is 2. The predicted molar refractivity (Wildman–Crippen MR) is 98.1 cm³/mol. The molecule has 7 heteroatoms. The van der Waals surface area contributed by atoms with Crippen LogP contribution in [0, 0.1) is 6.92 Å². The smallest absolute Gasteiger partial charge is 0.254 e. The molecule has 26 heavy (non-hydrogen) atoms. The average Bonchev–Trinajstić information content (AvgIpc) is 3.18. The summed E-state index contributed by atoms with van der Waals surface area (Å²) in [5.41, 5.74) is 3.13. The van der Waals surface area contributed by atoms with Crippen LogP contribution in [0.15, 0.2) is 61.2 Å². The molecule has 0 aliphatic rings. The molecule has 3 aromatic rings. The van der Waals surface area contributed by atoms with Crippen LogP contribution in [-0.4, -0.2) is 45.1 Å². The van der Waals surface area contributed by atoms with Crippen LogP contribution in [0.3, 0.4) is 0 Å². The summed E-state index contributed by atoms with van der Waals surface area (Å²) in [6, 6.07) is 14.5. The lowest BCUT2D eigenvalue weighted by Crippen LogP contribution is -2.34. The molecular weight excluding hydrogens is 330 g/mol. The quantitative estimate of drug-likeness (QED) is 0.766. The summed E-state index contributed by atoms with van der Waals surface area (Å²) in [4.78, 5) is 29.9. The Bertz CT molecular complexity index is 887. The van der Waals surface area contributed by atoms with E-state index in [1.54, 1.807) is 42.3 Å². The Hall–Kier alpha value is -3.48. The number of hydrogen-bond acceptors (Lipinski definition) is 4. The topological polar surface area (TPSA) is 80.1 Å². The van der Waals surface area contributed by atoms with Crippen molar-refractivity contribution in [1.29, 1.82) is 0 Å². The third-order valence-electron chi connectivity index (χ3n) is 3.86. The number of anilines is 1. The largest absolute Gasteiger partial charge is 0.332 e. The fourth-order valence-corrected chi connectivity index (χ4v) is 2.44. The summed E-state index contributed by atoms with van der Waals surface area (Å²) >= 11 is 0. The van der Waals surface area contributed by atoms with Crippen LogP contribution in [-0.2, 0) is 4.79 Å². The van der Waals surface area contributed by atoms with Crippen LogP contribution in [0.1, 0.15) is 15.9 Å². The molecule has 1 heterocycles. The molecule has 0 radical (unpaired) electrons. The minimum absolute atomic E-state index is 0.0302. The molecule has 0 spiro atoms. The van der Waals surface area contributed by atoms with Crippen molar-refractivity contribution in [1.82, 2.24) is 19.7 Å². The van der Waals surface area contributed by atoms with E-state index in [-0.39, 0.29) is 18.4 Å². The first-order valence-corrected chi connectivity index (χ1v) is 8.10. The molecule has 7 nitrogen and oxygen atoms in total. The Morgan fingerprint density at radius 3 is 2.38 bits per heavy atom. The molecule has 0 bridgehead atoms. The molecule has 0 aliphatic carbocycles. The average molecular weight is 349 g/mol. The van der Waals surface area contributed by atoms with E-state index in [1.807, 2.05) is 31.2 Å². The number of hydrogen-bond donors (Lipinski definition) is 1. The van der Waals surface area contributed by atoms with Crippen LogP contribution in [0.5, 0.6) is 0 Å². The van der Waals surface area contributed by atoms with Gasteiger partial charge in [0.1, 0.15) is 12.7 Å². The van der Waals surface area contributed by atoms with Gasteiger partial charge in [-0.25, -0.2) is 9.67 Å². The van der Waals surface area contributed by atoms with Crippen molar-refractivity contribution >= 4 is 17.5 Å². The van der Waals surface area contributed by atoms with E-state index in [2.05, 4.69) is 15.4 Å². The maximum atomic E-state index is 12.5. The van der Waals surface area contributed by atoms with E-state index in [9.17, 15) is 9.59 Å². The van der Waals surface area contributed by atoms with Crippen molar-refractivity contribution < 1.29 is 9.59 Å². The molecule has 0 aliphatic heterocycles. The minimum atomic E-state index is -0.246. The van der Waals surface area contributed by atoms with Gasteiger partial charge in [0.2, 0.25) is 5.91 Å². The maximum absolute atomic E-state index is 12.5. The summed E-state index contributed by atoms with van der Waals surface area (Å²) in [5.74, 6) is -0.474. The Balaban J connectivity index is 1.60. The van der Waals surface area contributed by atoms with Gasteiger partial charge in [0.25, 0.3) is 5.91 Å². The summed E-state index contributed by atoms with van der Waals surface area (Å²) < 4.78 is 1.60. The predicted octanol–water partition coefficient (Wildman–Crippen LogP) is 2.29. The molecule has 2 amide bonds. The molecule has 1 N–H and O–H groups in total. The Labute approximate surface area is 151 Å². The highest BCUT2D eigenvalue weighted by molar-refractivity contribution is 5.99. The van der Waals surface area contributed by atoms with Gasteiger partial charge in [0.05, 0.1) is 12.2 Å². The second-order valence-corrected chi connectivity index (χ2v) is 5.96. The Kier molecular flexibility index (Phi) is 5.07. The van der Waals surface area contributed by atoms with Gasteiger partial charge in [-0.2, -0.15) is 5.10 Å². The fourth-order valence-electron chi connectivity index (χ4n) is 2.44. The van der Waals surface area contributed by atoms with Gasteiger partial charge in [-0.3, -0.25) is 9.59 Å². The van der Waals surface area contributed by atoms with Crippen LogP contribution in [0.4, 0.5) is 5.69 Å². The highest BCUT2D eigenvalue weighted by Gasteiger charge is 2.15. The van der Waals surface area contributed by atoms with E-state index >= 15 is 0 Å². The Morgan fingerprint density at radius 1 is 1.08 bits per heavy atom. The number of rotatable bonds is 5. The number of benzene rings is 2. The monoisotopic (exact) mass is 349 g/mol. The number of aryl methyl sites for hydroxylation is 1. The second kappa shape index (κ2) is 7.60. The fraction of sp³-hybridized carbons (Fsp3) is 0.158. The van der Waals surface area contributed by atoms with Crippen molar-refractivity contribution in [2.75, 3.05) is 18.9 Å². The van der Waals surface area contributed by atoms with Gasteiger partial charge in [-0.05, 0) is 43.3 Å². The Morgan fingerprint density at radius 2 is 1.77 bits per heavy atom. The molecule has 0 saturated heterocycles. The summed E-state index contributed by atoms with van der Waals surface area (Å²) in [5, 5.41) is 6.82. The van der Waals surface area contributed by atoms with E-state index in [1.165, 1.54) is 11.2 Å². The standard InChI is InChI=1S/C19H19N5O2/c1-14-3-7-16(8-4-14)22-18(25)11-23(2)19(26)15-5-9-17(10-6-15)24-13-20-12-21-24/h3-10,12-13H,11H2,1-2H3,(H,22,25). The SMILES string of the molecule is Cc1ccc(NC(=O)CN(C)C(=O)c2ccc(-n3cncn3)cc2)cc1. The molecule has 0 saturated carbocycles. The van der Waals surface area contributed by atoms with Crippen molar-refractivity contribution in [2.45, 2.75) is 6.92 Å². The van der Waals surface area contributed by atoms with Crippen LogP contribution in [0.25, 0.3) is 5.69 Å². The van der Waals surface area contributed by atoms with E-state index in [0.29, 0.717) is 11.3 Å². The first-order chi connectivity index (χ1) is 12.5. The number of aromatic nitrogens is 3. The zero-order chi connectivity index (χ0) is 18.5. The van der Waals surface area contributed by atoms with Gasteiger partial charge in [-0.15, -0.1) is 0 Å². The first kappa shape index (κ1) is 17.3. The lowest BCUT2D eigenvalue weighted by molar-refractivity contribution is -0.116. The second-order valence-electron chi connectivity index (χ2n) is 5.96. The first-order valence-electron chi connectivity index (χ1n) is 8.10. The number of carbonyl (C=O) groups is 2. The van der Waals surface area contributed by atoms with Crippen LogP contribution >= 0.6 is 0 Å². The summed E-state index contributed by atoms with van der Waals surface area (Å²) in [6.07, 6.45) is 3.03.